The van der Waals surface area contributed by atoms with Crippen molar-refractivity contribution in [2.24, 2.45) is 0 Å². The van der Waals surface area contributed by atoms with Gasteiger partial charge in [-0.05, 0) is 49.7 Å². The number of sulfonamides is 1. The maximum atomic E-state index is 13.0. The number of halogens is 3. The van der Waals surface area contributed by atoms with Crippen LogP contribution in [0.25, 0.3) is 0 Å². The van der Waals surface area contributed by atoms with Crippen molar-refractivity contribution in [2.45, 2.75) is 31.0 Å². The molecule has 1 aliphatic rings. The summed E-state index contributed by atoms with van der Waals surface area (Å²) in [6.45, 7) is 3.21. The van der Waals surface area contributed by atoms with Crippen LogP contribution in [0.4, 0.5) is 18.9 Å². The van der Waals surface area contributed by atoms with Gasteiger partial charge in [0.2, 0.25) is 10.0 Å². The lowest BCUT2D eigenvalue weighted by Gasteiger charge is -2.27. The molecule has 0 radical (unpaired) electrons. The quantitative estimate of drug-likeness (QED) is 0.523. The molecule has 36 heavy (non-hydrogen) atoms. The van der Waals surface area contributed by atoms with Gasteiger partial charge in [0.15, 0.2) is 12.7 Å². The van der Waals surface area contributed by atoms with Crippen molar-refractivity contribution in [2.75, 3.05) is 38.2 Å². The van der Waals surface area contributed by atoms with Crippen LogP contribution >= 0.6 is 0 Å². The third-order valence-corrected chi connectivity index (χ3v) is 7.28. The lowest BCUT2D eigenvalue weighted by atomic mass is 10.2. The predicted molar refractivity (Wildman–Crippen MR) is 122 cm³/mol. The number of alkyl halides is 3. The molecule has 0 aliphatic carbocycles. The highest BCUT2D eigenvalue weighted by molar-refractivity contribution is 7.89. The van der Waals surface area contributed by atoms with Crippen LogP contribution in [0.3, 0.4) is 0 Å². The van der Waals surface area contributed by atoms with Crippen molar-refractivity contribution >= 4 is 27.6 Å². The minimum atomic E-state index is -4.57. The maximum absolute atomic E-state index is 13.0. The van der Waals surface area contributed by atoms with E-state index in [1.165, 1.54) is 29.4 Å². The molecule has 1 saturated heterocycles. The summed E-state index contributed by atoms with van der Waals surface area (Å²) in [4.78, 5) is 24.5. The van der Waals surface area contributed by atoms with Gasteiger partial charge in [-0.2, -0.15) is 17.5 Å². The number of benzene rings is 2. The Morgan fingerprint density at radius 2 is 1.83 bits per heavy atom. The van der Waals surface area contributed by atoms with Gasteiger partial charge in [-0.25, -0.2) is 13.2 Å². The number of aryl methyl sites for hydroxylation is 1. The van der Waals surface area contributed by atoms with E-state index in [1.54, 1.807) is 13.0 Å². The van der Waals surface area contributed by atoms with Crippen LogP contribution in [0.15, 0.2) is 47.4 Å². The number of ether oxygens (including phenoxy) is 3. The number of nitrogens with zero attached hydrogens (tertiary/aromatic N) is 1. The first-order valence-electron chi connectivity index (χ1n) is 10.9. The average Bonchev–Trinajstić information content (AvgIpc) is 2.84. The molecule has 1 fully saturated rings. The SMILES string of the molecule is Cc1ccc(NC(=O)[C@@H](C)OC(=O)COc2cccc(C(F)(F)F)c2)cc1S(=O)(=O)N1CCOCC1. The van der Waals surface area contributed by atoms with Crippen LogP contribution in [0.5, 0.6) is 5.75 Å². The topological polar surface area (TPSA) is 111 Å². The largest absolute Gasteiger partial charge is 0.482 e. The van der Waals surface area contributed by atoms with Crippen LogP contribution in [-0.4, -0.2) is 63.6 Å². The fourth-order valence-corrected chi connectivity index (χ4v) is 4.97. The molecule has 0 spiro atoms. The second-order valence-corrected chi connectivity index (χ2v) is 9.84. The minimum Gasteiger partial charge on any atom is -0.482 e. The molecule has 1 amide bonds. The third kappa shape index (κ3) is 6.95. The van der Waals surface area contributed by atoms with Gasteiger partial charge in [0.1, 0.15) is 5.75 Å². The van der Waals surface area contributed by atoms with Gasteiger partial charge in [-0.3, -0.25) is 4.79 Å². The minimum absolute atomic E-state index is 0.0290. The Morgan fingerprint density at radius 3 is 2.50 bits per heavy atom. The van der Waals surface area contributed by atoms with E-state index in [0.717, 1.165) is 18.2 Å². The van der Waals surface area contributed by atoms with Crippen LogP contribution in [-0.2, 0) is 35.3 Å². The summed E-state index contributed by atoms with van der Waals surface area (Å²) in [6, 6.07) is 8.36. The number of carbonyl (C=O) groups excluding carboxylic acids is 2. The summed E-state index contributed by atoms with van der Waals surface area (Å²) in [6.07, 6.45) is -5.85. The van der Waals surface area contributed by atoms with Gasteiger partial charge in [0.05, 0.1) is 23.7 Å². The van der Waals surface area contributed by atoms with Gasteiger partial charge in [0, 0.05) is 18.8 Å². The van der Waals surface area contributed by atoms with Crippen molar-refractivity contribution in [3.8, 4) is 5.75 Å². The Bertz CT molecular complexity index is 1210. The highest BCUT2D eigenvalue weighted by Crippen LogP contribution is 2.31. The maximum Gasteiger partial charge on any atom is 0.416 e. The van der Waals surface area contributed by atoms with Crippen molar-refractivity contribution in [1.29, 1.82) is 0 Å². The van der Waals surface area contributed by atoms with E-state index < -0.39 is 46.4 Å². The van der Waals surface area contributed by atoms with Gasteiger partial charge < -0.3 is 19.5 Å². The second kappa shape index (κ2) is 11.3. The molecule has 1 aliphatic heterocycles. The van der Waals surface area contributed by atoms with Crippen molar-refractivity contribution < 1.29 is 45.4 Å². The monoisotopic (exact) mass is 530 g/mol. The summed E-state index contributed by atoms with van der Waals surface area (Å²) in [5, 5.41) is 2.50. The summed E-state index contributed by atoms with van der Waals surface area (Å²) in [5.74, 6) is -1.90. The fraction of sp³-hybridized carbons (Fsp3) is 0.391. The molecule has 1 atom stereocenters. The van der Waals surface area contributed by atoms with E-state index in [4.69, 9.17) is 14.2 Å². The Labute approximate surface area is 206 Å². The molecular weight excluding hydrogens is 505 g/mol. The Hall–Kier alpha value is -3.16. The first kappa shape index (κ1) is 27.4. The zero-order valence-electron chi connectivity index (χ0n) is 19.5. The third-order valence-electron chi connectivity index (χ3n) is 5.24. The lowest BCUT2D eigenvalue weighted by molar-refractivity contribution is -0.155. The molecular formula is C23H25F3N2O7S. The zero-order valence-corrected chi connectivity index (χ0v) is 20.3. The highest BCUT2D eigenvalue weighted by atomic mass is 32.2. The first-order chi connectivity index (χ1) is 16.9. The van der Waals surface area contributed by atoms with Crippen molar-refractivity contribution in [1.82, 2.24) is 4.31 Å². The Balaban J connectivity index is 1.59. The molecule has 1 N–H and O–H groups in total. The van der Waals surface area contributed by atoms with E-state index in [2.05, 4.69) is 5.32 Å². The number of carbonyl (C=O) groups is 2. The molecule has 0 saturated carbocycles. The van der Waals surface area contributed by atoms with Gasteiger partial charge in [-0.1, -0.05) is 12.1 Å². The Kier molecular flexibility index (Phi) is 8.59. The Morgan fingerprint density at radius 1 is 1.14 bits per heavy atom. The van der Waals surface area contributed by atoms with Gasteiger partial charge >= 0.3 is 12.1 Å². The standard InChI is InChI=1S/C23H25F3N2O7S/c1-15-6-7-18(13-20(15)36(31,32)28-8-10-33-11-9-28)27-22(30)16(2)35-21(29)14-34-19-5-3-4-17(12-19)23(24,25)26/h3-7,12-13,16H,8-11,14H2,1-2H3,(H,27,30)/t16-/m1/s1. The number of hydrogen-bond acceptors (Lipinski definition) is 7. The molecule has 2 aromatic carbocycles. The number of esters is 1. The smallest absolute Gasteiger partial charge is 0.416 e. The number of hydrogen-bond donors (Lipinski definition) is 1. The van der Waals surface area contributed by atoms with Crippen LogP contribution in [0.2, 0.25) is 0 Å². The molecule has 9 nitrogen and oxygen atoms in total. The molecule has 2 aromatic rings. The summed E-state index contributed by atoms with van der Waals surface area (Å²) in [5.41, 5.74) is -0.263. The molecule has 196 valence electrons. The number of anilines is 1. The van der Waals surface area contributed by atoms with Gasteiger partial charge in [-0.15, -0.1) is 0 Å². The molecule has 1 heterocycles. The number of morpholine rings is 1. The molecule has 3 rings (SSSR count). The first-order valence-corrected chi connectivity index (χ1v) is 12.3. The van der Waals surface area contributed by atoms with E-state index in [9.17, 15) is 31.2 Å². The predicted octanol–water partition coefficient (Wildman–Crippen LogP) is 2.98. The summed E-state index contributed by atoms with van der Waals surface area (Å²) >= 11 is 0. The number of amides is 1. The number of rotatable bonds is 8. The van der Waals surface area contributed by atoms with Crippen LogP contribution < -0.4 is 10.1 Å². The lowest BCUT2D eigenvalue weighted by Crippen LogP contribution is -2.40. The van der Waals surface area contributed by atoms with Crippen LogP contribution in [0, 0.1) is 6.92 Å². The molecule has 0 unspecified atom stereocenters. The van der Waals surface area contributed by atoms with E-state index in [0.29, 0.717) is 5.56 Å². The van der Waals surface area contributed by atoms with Crippen LogP contribution in [0.1, 0.15) is 18.1 Å². The molecule has 0 bridgehead atoms. The highest BCUT2D eigenvalue weighted by Gasteiger charge is 2.31. The van der Waals surface area contributed by atoms with Gasteiger partial charge in [0.25, 0.3) is 5.91 Å². The second-order valence-electron chi connectivity index (χ2n) is 7.93. The molecule has 0 aromatic heterocycles. The summed E-state index contributed by atoms with van der Waals surface area (Å²) < 4.78 is 80.9. The fourth-order valence-electron chi connectivity index (χ4n) is 3.31. The van der Waals surface area contributed by atoms with E-state index in [-0.39, 0.29) is 42.6 Å². The van der Waals surface area contributed by atoms with Crippen molar-refractivity contribution in [3.63, 3.8) is 0 Å². The number of nitrogens with one attached hydrogen (secondary N) is 1. The zero-order chi connectivity index (χ0) is 26.5. The van der Waals surface area contributed by atoms with E-state index in [1.807, 2.05) is 0 Å². The summed E-state index contributed by atoms with van der Waals surface area (Å²) in [7, 11) is -3.81. The van der Waals surface area contributed by atoms with Crippen molar-refractivity contribution in [3.05, 3.63) is 53.6 Å². The normalized spacial score (nSPS) is 15.7. The average molecular weight is 531 g/mol. The van der Waals surface area contributed by atoms with E-state index >= 15 is 0 Å². The molecule has 13 heteroatoms.